The monoisotopic (exact) mass is 328 g/mol. The van der Waals surface area contributed by atoms with E-state index in [2.05, 4.69) is 24.1 Å². The van der Waals surface area contributed by atoms with Gasteiger partial charge in [0.15, 0.2) is 0 Å². The first kappa shape index (κ1) is 17.8. The van der Waals surface area contributed by atoms with Crippen LogP contribution in [-0.2, 0) is 6.18 Å². The molecule has 0 aliphatic carbocycles. The predicted octanol–water partition coefficient (Wildman–Crippen LogP) is 3.56. The zero-order valence-electron chi connectivity index (χ0n) is 13.5. The topological polar surface area (TPSA) is 32.3 Å². The van der Waals surface area contributed by atoms with E-state index < -0.39 is 11.7 Å². The van der Waals surface area contributed by atoms with Crippen LogP contribution in [0.15, 0.2) is 24.3 Å². The molecule has 0 bridgehead atoms. The predicted molar refractivity (Wildman–Crippen MR) is 83.2 cm³/mol. The highest BCUT2D eigenvalue weighted by Crippen LogP contribution is 2.29. The number of alkyl halides is 3. The molecule has 0 aromatic heterocycles. The molecule has 0 unspecified atom stereocenters. The number of rotatable bonds is 4. The Morgan fingerprint density at radius 3 is 2.57 bits per heavy atom. The summed E-state index contributed by atoms with van der Waals surface area (Å²) >= 11 is 0. The van der Waals surface area contributed by atoms with Gasteiger partial charge < -0.3 is 5.32 Å². The van der Waals surface area contributed by atoms with Gasteiger partial charge in [-0.3, -0.25) is 9.69 Å². The van der Waals surface area contributed by atoms with Crippen molar-refractivity contribution in [3.8, 4) is 0 Å². The van der Waals surface area contributed by atoms with Crippen molar-refractivity contribution in [2.24, 2.45) is 5.92 Å². The lowest BCUT2D eigenvalue weighted by molar-refractivity contribution is -0.137. The van der Waals surface area contributed by atoms with Gasteiger partial charge in [0, 0.05) is 24.7 Å². The SMILES string of the molecule is C[C@H]1CCCN([C@@H](C)CNC(=O)c2ccc(C(F)(F)F)cc2)C1. The Morgan fingerprint density at radius 2 is 2.00 bits per heavy atom. The third-order valence-corrected chi connectivity index (χ3v) is 4.34. The summed E-state index contributed by atoms with van der Waals surface area (Å²) in [5.74, 6) is 0.326. The number of carbonyl (C=O) groups is 1. The molecule has 2 atom stereocenters. The number of benzene rings is 1. The quantitative estimate of drug-likeness (QED) is 0.917. The van der Waals surface area contributed by atoms with E-state index in [1.54, 1.807) is 0 Å². The molecule has 1 N–H and O–H groups in total. The first-order chi connectivity index (χ1) is 10.8. The number of amides is 1. The zero-order chi connectivity index (χ0) is 17.0. The fraction of sp³-hybridized carbons (Fsp3) is 0.588. The van der Waals surface area contributed by atoms with Crippen molar-refractivity contribution in [2.45, 2.75) is 38.9 Å². The molecule has 2 rings (SSSR count). The summed E-state index contributed by atoms with van der Waals surface area (Å²) in [5.41, 5.74) is -0.498. The molecule has 1 saturated heterocycles. The molecule has 1 aromatic carbocycles. The second-order valence-electron chi connectivity index (χ2n) is 6.38. The summed E-state index contributed by atoms with van der Waals surface area (Å²) in [6, 6.07) is 4.52. The molecule has 128 valence electrons. The molecule has 0 spiro atoms. The van der Waals surface area contributed by atoms with Crippen LogP contribution in [0.4, 0.5) is 13.2 Å². The van der Waals surface area contributed by atoms with Crippen LogP contribution >= 0.6 is 0 Å². The number of halogens is 3. The number of piperidine rings is 1. The van der Waals surface area contributed by atoms with Gasteiger partial charge in [0.1, 0.15) is 0 Å². The number of nitrogens with one attached hydrogen (secondary N) is 1. The minimum atomic E-state index is -4.38. The Labute approximate surface area is 134 Å². The van der Waals surface area contributed by atoms with Crippen molar-refractivity contribution in [3.05, 3.63) is 35.4 Å². The van der Waals surface area contributed by atoms with Gasteiger partial charge in [0.2, 0.25) is 0 Å². The molecule has 1 aliphatic heterocycles. The van der Waals surface area contributed by atoms with Gasteiger partial charge >= 0.3 is 6.18 Å². The summed E-state index contributed by atoms with van der Waals surface area (Å²) in [4.78, 5) is 14.4. The number of carbonyl (C=O) groups excluding carboxylic acids is 1. The van der Waals surface area contributed by atoms with Crippen molar-refractivity contribution >= 4 is 5.91 Å². The number of hydrogen-bond donors (Lipinski definition) is 1. The summed E-state index contributed by atoms with van der Waals surface area (Å²) in [6.45, 7) is 6.83. The first-order valence-corrected chi connectivity index (χ1v) is 7.97. The van der Waals surface area contributed by atoms with E-state index in [1.165, 1.54) is 25.0 Å². The minimum Gasteiger partial charge on any atom is -0.350 e. The number of hydrogen-bond acceptors (Lipinski definition) is 2. The number of likely N-dealkylation sites (tertiary alicyclic amines) is 1. The van der Waals surface area contributed by atoms with Crippen LogP contribution in [-0.4, -0.2) is 36.5 Å². The summed E-state index contributed by atoms with van der Waals surface area (Å²) in [7, 11) is 0. The lowest BCUT2D eigenvalue weighted by Gasteiger charge is -2.35. The van der Waals surface area contributed by atoms with E-state index in [0.29, 0.717) is 12.5 Å². The van der Waals surface area contributed by atoms with Crippen LogP contribution < -0.4 is 5.32 Å². The summed E-state index contributed by atoms with van der Waals surface area (Å²) in [5, 5.41) is 2.81. The maximum Gasteiger partial charge on any atom is 0.416 e. The zero-order valence-corrected chi connectivity index (χ0v) is 13.5. The minimum absolute atomic E-state index is 0.219. The standard InChI is InChI=1S/C17H23F3N2O/c1-12-4-3-9-22(11-12)13(2)10-21-16(23)14-5-7-15(8-6-14)17(18,19)20/h5-8,12-13H,3-4,9-11H2,1-2H3,(H,21,23)/t12-,13-/m0/s1. The third-order valence-electron chi connectivity index (χ3n) is 4.34. The molecule has 1 heterocycles. The van der Waals surface area contributed by atoms with Gasteiger partial charge in [-0.2, -0.15) is 13.2 Å². The maximum atomic E-state index is 12.5. The van der Waals surface area contributed by atoms with Crippen molar-refractivity contribution in [3.63, 3.8) is 0 Å². The highest BCUT2D eigenvalue weighted by molar-refractivity contribution is 5.94. The van der Waals surface area contributed by atoms with Crippen LogP contribution in [0.1, 0.15) is 42.6 Å². The molecule has 0 saturated carbocycles. The molecule has 1 aromatic rings. The fourth-order valence-electron chi connectivity index (χ4n) is 2.91. The molecule has 0 radical (unpaired) electrons. The van der Waals surface area contributed by atoms with Crippen LogP contribution in [0.2, 0.25) is 0 Å². The normalized spacial score (nSPS) is 21.0. The van der Waals surface area contributed by atoms with Crippen molar-refractivity contribution < 1.29 is 18.0 Å². The lowest BCUT2D eigenvalue weighted by atomic mass is 9.99. The molecule has 1 amide bonds. The van der Waals surface area contributed by atoms with Crippen LogP contribution in [0.25, 0.3) is 0 Å². The molecule has 1 fully saturated rings. The summed E-state index contributed by atoms with van der Waals surface area (Å²) in [6.07, 6.45) is -1.98. The van der Waals surface area contributed by atoms with Crippen molar-refractivity contribution in [1.29, 1.82) is 0 Å². The Bertz CT molecular complexity index is 528. The molecule has 6 heteroatoms. The molecular weight excluding hydrogens is 305 g/mol. The fourth-order valence-corrected chi connectivity index (χ4v) is 2.91. The average molecular weight is 328 g/mol. The van der Waals surface area contributed by atoms with Crippen molar-refractivity contribution in [2.75, 3.05) is 19.6 Å². The Balaban J connectivity index is 1.87. The third kappa shape index (κ3) is 4.96. The Hall–Kier alpha value is -1.56. The summed E-state index contributed by atoms with van der Waals surface area (Å²) < 4.78 is 37.5. The average Bonchev–Trinajstić information content (AvgIpc) is 2.51. The van der Waals surface area contributed by atoms with E-state index in [9.17, 15) is 18.0 Å². The van der Waals surface area contributed by atoms with E-state index >= 15 is 0 Å². The van der Waals surface area contributed by atoms with E-state index in [-0.39, 0.29) is 17.5 Å². The smallest absolute Gasteiger partial charge is 0.350 e. The second-order valence-corrected chi connectivity index (χ2v) is 6.38. The largest absolute Gasteiger partial charge is 0.416 e. The van der Waals surface area contributed by atoms with Gasteiger partial charge in [0.05, 0.1) is 5.56 Å². The lowest BCUT2D eigenvalue weighted by Crippen LogP contribution is -2.46. The Morgan fingerprint density at radius 1 is 1.35 bits per heavy atom. The molecular formula is C17H23F3N2O. The molecule has 3 nitrogen and oxygen atoms in total. The maximum absolute atomic E-state index is 12.5. The Kier molecular flexibility index (Phi) is 5.68. The van der Waals surface area contributed by atoms with Crippen LogP contribution in [0.3, 0.4) is 0 Å². The van der Waals surface area contributed by atoms with Gasteiger partial charge in [-0.1, -0.05) is 6.92 Å². The van der Waals surface area contributed by atoms with E-state index in [4.69, 9.17) is 0 Å². The van der Waals surface area contributed by atoms with Gasteiger partial charge in [-0.05, 0) is 56.5 Å². The van der Waals surface area contributed by atoms with Gasteiger partial charge in [-0.25, -0.2) is 0 Å². The van der Waals surface area contributed by atoms with Gasteiger partial charge in [-0.15, -0.1) is 0 Å². The second kappa shape index (κ2) is 7.34. The molecule has 23 heavy (non-hydrogen) atoms. The van der Waals surface area contributed by atoms with E-state index in [0.717, 1.165) is 25.2 Å². The first-order valence-electron chi connectivity index (χ1n) is 7.97. The van der Waals surface area contributed by atoms with Crippen LogP contribution in [0, 0.1) is 5.92 Å². The highest BCUT2D eigenvalue weighted by Gasteiger charge is 2.30. The highest BCUT2D eigenvalue weighted by atomic mass is 19.4. The number of nitrogens with zero attached hydrogens (tertiary/aromatic N) is 1. The van der Waals surface area contributed by atoms with Gasteiger partial charge in [0.25, 0.3) is 5.91 Å². The van der Waals surface area contributed by atoms with Crippen LogP contribution in [0.5, 0.6) is 0 Å². The molecule has 1 aliphatic rings. The van der Waals surface area contributed by atoms with E-state index in [1.807, 2.05) is 0 Å². The van der Waals surface area contributed by atoms with Crippen molar-refractivity contribution in [1.82, 2.24) is 10.2 Å².